The molecule has 1 aromatic rings. The molecular formula is C7H9FeO3PZn. The molecular weight excluding hydrogens is 284 g/mol. The Bertz CT molecular complexity index is 257. The molecule has 2 unspecified atom stereocenters. The van der Waals surface area contributed by atoms with E-state index in [0.717, 1.165) is 0 Å². The van der Waals surface area contributed by atoms with Gasteiger partial charge in [-0.2, -0.15) is 0 Å². The van der Waals surface area contributed by atoms with E-state index >= 15 is 0 Å². The summed E-state index contributed by atoms with van der Waals surface area (Å²) in [4.78, 5) is 8.57. The summed E-state index contributed by atoms with van der Waals surface area (Å²) in [5.74, 6) is -1.22. The Morgan fingerprint density at radius 3 is 2.08 bits per heavy atom. The topological polar surface area (TPSA) is 57.5 Å². The van der Waals surface area contributed by atoms with Gasteiger partial charge >= 0.3 is 0 Å². The first-order valence-electron chi connectivity index (χ1n) is 3.17. The SMILES string of the molecule is O=[PH](O)C(O)c1ccccc1.[Fe].[Zn]. The Morgan fingerprint density at radius 2 is 1.69 bits per heavy atom. The molecule has 0 bridgehead atoms. The van der Waals surface area contributed by atoms with Gasteiger partial charge in [0.05, 0.1) is 0 Å². The van der Waals surface area contributed by atoms with Crippen molar-refractivity contribution in [2.75, 3.05) is 0 Å². The predicted octanol–water partition coefficient (Wildman–Crippen LogP) is 1.14. The summed E-state index contributed by atoms with van der Waals surface area (Å²) < 4.78 is 10.4. The van der Waals surface area contributed by atoms with Crippen molar-refractivity contribution in [3.05, 3.63) is 35.9 Å². The van der Waals surface area contributed by atoms with Gasteiger partial charge in [-0.25, -0.2) is 0 Å². The molecule has 0 aliphatic carbocycles. The van der Waals surface area contributed by atoms with Gasteiger partial charge in [0.2, 0.25) is 8.03 Å². The van der Waals surface area contributed by atoms with Crippen LogP contribution >= 0.6 is 8.03 Å². The Morgan fingerprint density at radius 1 is 1.23 bits per heavy atom. The minimum atomic E-state index is -2.86. The molecule has 2 atom stereocenters. The van der Waals surface area contributed by atoms with Crippen molar-refractivity contribution in [1.29, 1.82) is 0 Å². The molecule has 0 aliphatic rings. The van der Waals surface area contributed by atoms with Crippen molar-refractivity contribution >= 4 is 8.03 Å². The number of hydrogen-bond acceptors (Lipinski definition) is 2. The first-order chi connectivity index (χ1) is 5.22. The maximum absolute atomic E-state index is 10.4. The zero-order chi connectivity index (χ0) is 8.27. The minimum absolute atomic E-state index is 0. The van der Waals surface area contributed by atoms with Gasteiger partial charge in [0.25, 0.3) is 0 Å². The van der Waals surface area contributed by atoms with Crippen molar-refractivity contribution < 1.29 is 51.1 Å². The molecule has 0 spiro atoms. The van der Waals surface area contributed by atoms with E-state index in [9.17, 15) is 4.57 Å². The molecule has 0 saturated heterocycles. The number of hydrogen-bond donors (Lipinski definition) is 2. The number of aliphatic hydroxyl groups excluding tert-OH is 1. The molecule has 0 fully saturated rings. The van der Waals surface area contributed by atoms with Crippen LogP contribution in [0.25, 0.3) is 0 Å². The van der Waals surface area contributed by atoms with Crippen LogP contribution in [-0.4, -0.2) is 10.00 Å². The fraction of sp³-hybridized carbons (Fsp3) is 0.143. The molecule has 0 heterocycles. The number of rotatable bonds is 2. The Balaban J connectivity index is 0. The van der Waals surface area contributed by atoms with Gasteiger partial charge in [-0.3, -0.25) is 4.57 Å². The van der Waals surface area contributed by atoms with E-state index in [-0.39, 0.29) is 36.5 Å². The van der Waals surface area contributed by atoms with Crippen LogP contribution < -0.4 is 0 Å². The van der Waals surface area contributed by atoms with Crippen molar-refractivity contribution in [2.24, 2.45) is 0 Å². The van der Waals surface area contributed by atoms with Crippen LogP contribution in [0.5, 0.6) is 0 Å². The summed E-state index contributed by atoms with van der Waals surface area (Å²) in [6, 6.07) is 8.43. The summed E-state index contributed by atoms with van der Waals surface area (Å²) >= 11 is 0. The molecule has 0 aromatic heterocycles. The van der Waals surface area contributed by atoms with Crippen molar-refractivity contribution in [2.45, 2.75) is 5.85 Å². The smallest absolute Gasteiger partial charge is 0.221 e. The Labute approximate surface area is 101 Å². The van der Waals surface area contributed by atoms with Gasteiger partial charge in [-0.05, 0) is 5.56 Å². The van der Waals surface area contributed by atoms with Crippen LogP contribution in [0.3, 0.4) is 0 Å². The van der Waals surface area contributed by atoms with Gasteiger partial charge in [-0.15, -0.1) is 0 Å². The minimum Gasteiger partial charge on any atom is -0.378 e. The van der Waals surface area contributed by atoms with Crippen LogP contribution in [0, 0.1) is 0 Å². The fourth-order valence-electron chi connectivity index (χ4n) is 0.778. The third kappa shape index (κ3) is 5.07. The number of aliphatic hydroxyl groups is 1. The van der Waals surface area contributed by atoms with Gasteiger partial charge < -0.3 is 10.00 Å². The average molecular weight is 293 g/mol. The average Bonchev–Trinajstić information content (AvgIpc) is 2.05. The van der Waals surface area contributed by atoms with Crippen molar-refractivity contribution in [3.63, 3.8) is 0 Å². The van der Waals surface area contributed by atoms with E-state index in [0.29, 0.717) is 5.56 Å². The van der Waals surface area contributed by atoms with E-state index in [1.54, 1.807) is 30.3 Å². The van der Waals surface area contributed by atoms with Gasteiger partial charge in [0, 0.05) is 36.5 Å². The van der Waals surface area contributed by atoms with Crippen LogP contribution in [0.2, 0.25) is 0 Å². The molecule has 6 heteroatoms. The molecule has 1 aromatic carbocycles. The van der Waals surface area contributed by atoms with Gasteiger partial charge in [0.15, 0.2) is 5.85 Å². The summed E-state index contributed by atoms with van der Waals surface area (Å²) in [7, 11) is -2.86. The second-order valence-corrected chi connectivity index (χ2v) is 3.37. The van der Waals surface area contributed by atoms with Crippen molar-refractivity contribution in [3.8, 4) is 0 Å². The normalized spacial score (nSPS) is 13.4. The molecule has 0 saturated carbocycles. The second-order valence-electron chi connectivity index (χ2n) is 2.15. The van der Waals surface area contributed by atoms with Crippen LogP contribution in [0.15, 0.2) is 30.3 Å². The monoisotopic (exact) mass is 292 g/mol. The standard InChI is InChI=1S/C7H9O3P.Fe.Zn/c8-7(11(9)10)6-4-2-1-3-5-6;;/h1-5,7-8,11H,(H,9,10);;. The van der Waals surface area contributed by atoms with E-state index < -0.39 is 13.9 Å². The summed E-state index contributed by atoms with van der Waals surface area (Å²) in [6.45, 7) is 0. The van der Waals surface area contributed by atoms with Crippen LogP contribution in [0.1, 0.15) is 11.4 Å². The summed E-state index contributed by atoms with van der Waals surface area (Å²) in [5, 5.41) is 9.08. The van der Waals surface area contributed by atoms with E-state index in [1.165, 1.54) is 0 Å². The third-order valence-electron chi connectivity index (χ3n) is 1.35. The quantitative estimate of drug-likeness (QED) is 0.635. The molecule has 1 rings (SSSR count). The zero-order valence-electron chi connectivity index (χ0n) is 6.83. The van der Waals surface area contributed by atoms with Gasteiger partial charge in [0.1, 0.15) is 0 Å². The van der Waals surface area contributed by atoms with E-state index in [2.05, 4.69) is 0 Å². The molecule has 70 valence electrons. The Hall–Kier alpha value is 0.513. The fourth-order valence-corrected chi connectivity index (χ4v) is 1.26. The molecule has 0 amide bonds. The van der Waals surface area contributed by atoms with Crippen LogP contribution in [-0.2, 0) is 41.1 Å². The summed E-state index contributed by atoms with van der Waals surface area (Å²) in [5.41, 5.74) is 0.485. The predicted molar refractivity (Wildman–Crippen MR) is 42.6 cm³/mol. The maximum Gasteiger partial charge on any atom is 0.221 e. The molecule has 2 N–H and O–H groups in total. The first-order valence-corrected chi connectivity index (χ1v) is 4.61. The molecule has 0 aliphatic heterocycles. The second kappa shape index (κ2) is 7.87. The molecule has 13 heavy (non-hydrogen) atoms. The van der Waals surface area contributed by atoms with Crippen LogP contribution in [0.4, 0.5) is 0 Å². The van der Waals surface area contributed by atoms with E-state index in [1.807, 2.05) is 0 Å². The van der Waals surface area contributed by atoms with Crippen molar-refractivity contribution in [1.82, 2.24) is 0 Å². The third-order valence-corrected chi connectivity index (χ3v) is 2.15. The largest absolute Gasteiger partial charge is 0.378 e. The molecule has 3 nitrogen and oxygen atoms in total. The first kappa shape index (κ1) is 16.0. The Kier molecular flexibility index (Phi) is 9.67. The molecule has 0 radical (unpaired) electrons. The zero-order valence-corrected chi connectivity index (χ0v) is 11.9. The maximum atomic E-state index is 10.4. The van der Waals surface area contributed by atoms with E-state index in [4.69, 9.17) is 10.00 Å². The number of benzene rings is 1. The van der Waals surface area contributed by atoms with Gasteiger partial charge in [-0.1, -0.05) is 30.3 Å². The summed E-state index contributed by atoms with van der Waals surface area (Å²) in [6.07, 6.45) is 0.